The molecule has 0 amide bonds. The molecule has 0 aliphatic carbocycles. The monoisotopic (exact) mass is 314 g/mol. The molecule has 6 nitrogen and oxygen atoms in total. The first kappa shape index (κ1) is 15.8. The van der Waals surface area contributed by atoms with Gasteiger partial charge in [0.1, 0.15) is 0 Å². The van der Waals surface area contributed by atoms with E-state index < -0.39 is 0 Å². The van der Waals surface area contributed by atoms with Crippen LogP contribution < -0.4 is 5.56 Å². The molecular weight excluding hydrogens is 292 g/mol. The number of H-pyrrole nitrogens is 1. The van der Waals surface area contributed by atoms with E-state index in [-0.39, 0.29) is 11.7 Å². The van der Waals surface area contributed by atoms with Crippen molar-refractivity contribution in [2.75, 3.05) is 19.7 Å². The van der Waals surface area contributed by atoms with Crippen LogP contribution in [-0.2, 0) is 17.7 Å². The molecule has 122 valence electrons. The number of nitrogens with one attached hydrogen (secondary N) is 1. The third-order valence-electron chi connectivity index (χ3n) is 4.02. The Morgan fingerprint density at radius 3 is 3.13 bits per heavy atom. The predicted molar refractivity (Wildman–Crippen MR) is 87.2 cm³/mol. The molecular formula is C17H22N4O2. The fourth-order valence-electron chi connectivity index (χ4n) is 2.92. The second kappa shape index (κ2) is 7.48. The number of morpholine rings is 1. The average Bonchev–Trinajstić information content (AvgIpc) is 2.53. The first-order chi connectivity index (χ1) is 11.2. The summed E-state index contributed by atoms with van der Waals surface area (Å²) in [5.41, 5.74) is 3.14. The number of ether oxygens (including phenoxy) is 1. The van der Waals surface area contributed by atoms with Gasteiger partial charge in [-0.2, -0.15) is 0 Å². The van der Waals surface area contributed by atoms with Crippen LogP contribution in [0.15, 0.2) is 35.6 Å². The van der Waals surface area contributed by atoms with Gasteiger partial charge in [-0.15, -0.1) is 0 Å². The Morgan fingerprint density at radius 2 is 2.30 bits per heavy atom. The maximum Gasteiger partial charge on any atom is 0.250 e. The van der Waals surface area contributed by atoms with Gasteiger partial charge in [-0.05, 0) is 30.9 Å². The zero-order chi connectivity index (χ0) is 16.1. The van der Waals surface area contributed by atoms with Crippen molar-refractivity contribution in [3.63, 3.8) is 0 Å². The van der Waals surface area contributed by atoms with Crippen molar-refractivity contribution in [1.82, 2.24) is 19.9 Å². The van der Waals surface area contributed by atoms with Crippen LogP contribution in [0.3, 0.4) is 0 Å². The van der Waals surface area contributed by atoms with Gasteiger partial charge in [-0.1, -0.05) is 6.07 Å². The van der Waals surface area contributed by atoms with Gasteiger partial charge in [0, 0.05) is 43.8 Å². The third-order valence-corrected chi connectivity index (χ3v) is 4.02. The quantitative estimate of drug-likeness (QED) is 0.901. The summed E-state index contributed by atoms with van der Waals surface area (Å²) in [5, 5.41) is 0. The van der Waals surface area contributed by atoms with Gasteiger partial charge < -0.3 is 9.72 Å². The van der Waals surface area contributed by atoms with Crippen LogP contribution in [0.1, 0.15) is 23.2 Å². The average molecular weight is 314 g/mol. The summed E-state index contributed by atoms with van der Waals surface area (Å²) in [5.74, 6) is 0. The minimum atomic E-state index is -0.104. The molecule has 1 fully saturated rings. The highest BCUT2D eigenvalue weighted by atomic mass is 16.5. The van der Waals surface area contributed by atoms with E-state index >= 15 is 0 Å². The van der Waals surface area contributed by atoms with E-state index in [1.54, 1.807) is 6.07 Å². The molecule has 0 aromatic carbocycles. The van der Waals surface area contributed by atoms with E-state index in [2.05, 4.69) is 32.8 Å². The number of hydrogen-bond donors (Lipinski definition) is 1. The highest BCUT2D eigenvalue weighted by molar-refractivity contribution is 5.16. The molecule has 2 aromatic heterocycles. The lowest BCUT2D eigenvalue weighted by Crippen LogP contribution is -2.42. The topological polar surface area (TPSA) is 71.1 Å². The van der Waals surface area contributed by atoms with Gasteiger partial charge >= 0.3 is 0 Å². The maximum atomic E-state index is 11.3. The Hall–Kier alpha value is -2.05. The smallest absolute Gasteiger partial charge is 0.250 e. The Bertz CT molecular complexity index is 701. The molecule has 3 rings (SSSR count). The van der Waals surface area contributed by atoms with E-state index in [1.807, 2.05) is 12.4 Å². The maximum absolute atomic E-state index is 11.3. The summed E-state index contributed by atoms with van der Waals surface area (Å²) in [6.07, 6.45) is 7.07. The van der Waals surface area contributed by atoms with Crippen LogP contribution in [0.4, 0.5) is 0 Å². The fraction of sp³-hybridized carbons (Fsp3) is 0.471. The molecule has 0 radical (unpaired) electrons. The lowest BCUT2D eigenvalue weighted by atomic mass is 10.1. The summed E-state index contributed by atoms with van der Waals surface area (Å²) in [6.45, 7) is 5.54. The largest absolute Gasteiger partial charge is 0.376 e. The van der Waals surface area contributed by atoms with E-state index in [4.69, 9.17) is 4.74 Å². The Kier molecular flexibility index (Phi) is 5.15. The number of pyridine rings is 1. The van der Waals surface area contributed by atoms with Crippen LogP contribution in [0, 0.1) is 6.92 Å². The molecule has 3 heterocycles. The molecule has 1 aliphatic rings. The standard InChI is InChI=1S/C17H22N4O2/c1-13-6-14(9-18-8-13)10-21-4-5-23-16(11-21)3-2-15-7-17(22)20-12-19-15/h6-9,12,16H,2-5,10-11H2,1H3,(H,19,20,22)/t16-/m0/s1. The molecule has 1 aliphatic heterocycles. The highest BCUT2D eigenvalue weighted by Crippen LogP contribution is 2.14. The minimum Gasteiger partial charge on any atom is -0.376 e. The SMILES string of the molecule is Cc1cncc(CN2CCO[C@@H](CCc3cc(=O)[nH]cn3)C2)c1. The molecule has 0 spiro atoms. The Morgan fingerprint density at radius 1 is 1.39 bits per heavy atom. The van der Waals surface area contributed by atoms with Crippen molar-refractivity contribution in [2.24, 2.45) is 0 Å². The number of aromatic amines is 1. The van der Waals surface area contributed by atoms with E-state index in [0.29, 0.717) is 0 Å². The molecule has 6 heteroatoms. The van der Waals surface area contributed by atoms with Gasteiger partial charge in [-0.25, -0.2) is 4.98 Å². The summed E-state index contributed by atoms with van der Waals surface area (Å²) >= 11 is 0. The highest BCUT2D eigenvalue weighted by Gasteiger charge is 2.20. The van der Waals surface area contributed by atoms with Crippen LogP contribution in [0.2, 0.25) is 0 Å². The number of nitrogens with zero attached hydrogens (tertiary/aromatic N) is 3. The zero-order valence-corrected chi connectivity index (χ0v) is 13.4. The minimum absolute atomic E-state index is 0.104. The molecule has 0 unspecified atom stereocenters. The van der Waals surface area contributed by atoms with Crippen LogP contribution in [0.25, 0.3) is 0 Å². The second-order valence-corrected chi connectivity index (χ2v) is 6.04. The molecule has 2 aromatic rings. The molecule has 0 saturated carbocycles. The van der Waals surface area contributed by atoms with Crippen LogP contribution >= 0.6 is 0 Å². The molecule has 0 bridgehead atoms. The van der Waals surface area contributed by atoms with Crippen molar-refractivity contribution in [1.29, 1.82) is 0 Å². The summed E-state index contributed by atoms with van der Waals surface area (Å²) in [6, 6.07) is 3.73. The molecule has 1 atom stereocenters. The third kappa shape index (κ3) is 4.71. The number of hydrogen-bond acceptors (Lipinski definition) is 5. The van der Waals surface area contributed by atoms with Crippen LogP contribution in [-0.4, -0.2) is 45.7 Å². The summed E-state index contributed by atoms with van der Waals surface area (Å²) < 4.78 is 5.85. The Balaban J connectivity index is 1.52. The van der Waals surface area contributed by atoms with Crippen molar-refractivity contribution >= 4 is 0 Å². The summed E-state index contributed by atoms with van der Waals surface area (Å²) in [7, 11) is 0. The first-order valence-corrected chi connectivity index (χ1v) is 7.97. The van der Waals surface area contributed by atoms with E-state index in [0.717, 1.165) is 44.8 Å². The number of rotatable bonds is 5. The van der Waals surface area contributed by atoms with Gasteiger partial charge in [0.05, 0.1) is 19.0 Å². The normalized spacial score (nSPS) is 18.9. The molecule has 1 N–H and O–H groups in total. The second-order valence-electron chi connectivity index (χ2n) is 6.04. The van der Waals surface area contributed by atoms with Crippen LogP contribution in [0.5, 0.6) is 0 Å². The van der Waals surface area contributed by atoms with E-state index in [1.165, 1.54) is 17.5 Å². The van der Waals surface area contributed by atoms with Crippen molar-refractivity contribution in [3.05, 3.63) is 58.0 Å². The number of aryl methyl sites for hydroxylation is 2. The Labute approximate surface area is 135 Å². The van der Waals surface area contributed by atoms with Gasteiger partial charge in [0.25, 0.3) is 5.56 Å². The molecule has 23 heavy (non-hydrogen) atoms. The first-order valence-electron chi connectivity index (χ1n) is 7.97. The molecule has 1 saturated heterocycles. The predicted octanol–water partition coefficient (Wildman–Crippen LogP) is 1.31. The number of aromatic nitrogens is 3. The lowest BCUT2D eigenvalue weighted by molar-refractivity contribution is -0.0347. The fourth-order valence-corrected chi connectivity index (χ4v) is 2.92. The van der Waals surface area contributed by atoms with Gasteiger partial charge in [0.15, 0.2) is 0 Å². The summed E-state index contributed by atoms with van der Waals surface area (Å²) in [4.78, 5) is 24.7. The van der Waals surface area contributed by atoms with Crippen molar-refractivity contribution in [3.8, 4) is 0 Å². The van der Waals surface area contributed by atoms with Gasteiger partial charge in [0.2, 0.25) is 0 Å². The van der Waals surface area contributed by atoms with Crippen molar-refractivity contribution < 1.29 is 4.74 Å². The van der Waals surface area contributed by atoms with Crippen molar-refractivity contribution in [2.45, 2.75) is 32.4 Å². The zero-order valence-electron chi connectivity index (χ0n) is 13.4. The van der Waals surface area contributed by atoms with Gasteiger partial charge in [-0.3, -0.25) is 14.7 Å². The lowest BCUT2D eigenvalue weighted by Gasteiger charge is -2.33. The van der Waals surface area contributed by atoms with E-state index in [9.17, 15) is 4.79 Å².